The molecule has 10 nitrogen and oxygen atoms in total. The first kappa shape index (κ1) is 34.3. The number of urea groups is 1. The van der Waals surface area contributed by atoms with E-state index in [1.165, 1.54) is 58.3 Å². The van der Waals surface area contributed by atoms with Crippen molar-refractivity contribution < 1.29 is 22.7 Å². The molecule has 0 bridgehead atoms. The van der Waals surface area contributed by atoms with Crippen LogP contribution in [0.25, 0.3) is 17.1 Å². The van der Waals surface area contributed by atoms with Gasteiger partial charge in [-0.3, -0.25) is 5.32 Å². The van der Waals surface area contributed by atoms with Crippen molar-refractivity contribution in [2.24, 2.45) is 10.7 Å². The Morgan fingerprint density at radius 1 is 1.07 bits per heavy atom. The Bertz CT molecular complexity index is 1610. The number of carbonyl (C=O) groups excluding carboxylic acids is 1. The summed E-state index contributed by atoms with van der Waals surface area (Å²) in [5.41, 5.74) is 10.8. The topological polar surface area (TPSA) is 131 Å². The van der Waals surface area contributed by atoms with Crippen LogP contribution in [0.4, 0.5) is 18.0 Å². The van der Waals surface area contributed by atoms with E-state index in [-0.39, 0.29) is 18.4 Å². The van der Waals surface area contributed by atoms with Crippen molar-refractivity contribution >= 4 is 23.9 Å². The number of nitrogens with two attached hydrogens (primary N) is 1. The number of hydrogen-bond acceptors (Lipinski definition) is 7. The molecule has 3 aromatic carbocycles. The molecule has 0 aliphatic carbocycles. The van der Waals surface area contributed by atoms with Crippen LogP contribution in [0.15, 0.2) is 82.9 Å². The maximum atomic E-state index is 12.4. The summed E-state index contributed by atoms with van der Waals surface area (Å²) < 4.78 is 45.7. The van der Waals surface area contributed by atoms with E-state index in [1.807, 2.05) is 24.3 Å². The number of ether oxygens (including phenoxy) is 1. The summed E-state index contributed by atoms with van der Waals surface area (Å²) in [6, 6.07) is 19.2. The monoisotopic (exact) mass is 654 g/mol. The molecule has 0 aliphatic rings. The molecule has 4 aromatic rings. The lowest BCUT2D eigenvalue weighted by atomic mass is 10.0. The van der Waals surface area contributed by atoms with E-state index in [0.717, 1.165) is 35.3 Å². The minimum absolute atomic E-state index is 0.0341. The zero-order chi connectivity index (χ0) is 33.1. The number of aromatic nitrogens is 3. The average Bonchev–Trinajstić information content (AvgIpc) is 3.49. The zero-order valence-corrected chi connectivity index (χ0v) is 26.6. The molecule has 0 spiro atoms. The number of aryl methyl sites for hydroxylation is 2. The van der Waals surface area contributed by atoms with Crippen molar-refractivity contribution in [1.29, 1.82) is 0 Å². The second-order valence-electron chi connectivity index (χ2n) is 10.7. The molecule has 46 heavy (non-hydrogen) atoms. The number of nitrogens with zero attached hydrogens (tertiary/aromatic N) is 4. The Hall–Kier alpha value is -4.56. The summed E-state index contributed by atoms with van der Waals surface area (Å²) in [7, 11) is 0. The summed E-state index contributed by atoms with van der Waals surface area (Å²) in [6.45, 7) is 7.10. The highest BCUT2D eigenvalue weighted by Crippen LogP contribution is 2.28. The number of aliphatic imine (C=N–C) groups is 1. The van der Waals surface area contributed by atoms with Gasteiger partial charge in [0.05, 0.1) is 5.69 Å². The smallest absolute Gasteiger partial charge is 0.406 e. The third-order valence-electron chi connectivity index (χ3n) is 6.75. The van der Waals surface area contributed by atoms with Crippen molar-refractivity contribution in [2.75, 3.05) is 13.2 Å². The molecule has 14 heteroatoms. The zero-order valence-electron chi connectivity index (χ0n) is 25.8. The fourth-order valence-electron chi connectivity index (χ4n) is 4.43. The van der Waals surface area contributed by atoms with E-state index < -0.39 is 12.4 Å². The van der Waals surface area contributed by atoms with E-state index in [1.54, 1.807) is 0 Å². The number of benzene rings is 3. The SMILES string of the molecule is Cc1ccc(C(C)C)c(SNCN=C(N)NC(=O)NCCCCc2ccc(-c3ncn(-c4ccc(OC(F)(F)F)cc4)n3)cc2)c1. The molecule has 2 amide bonds. The van der Waals surface area contributed by atoms with Crippen LogP contribution in [0.5, 0.6) is 5.75 Å². The lowest BCUT2D eigenvalue weighted by Gasteiger charge is -2.13. The number of halogens is 3. The minimum atomic E-state index is -4.75. The van der Waals surface area contributed by atoms with Crippen LogP contribution in [0.2, 0.25) is 0 Å². The van der Waals surface area contributed by atoms with Gasteiger partial charge in [0.1, 0.15) is 18.7 Å². The van der Waals surface area contributed by atoms with Crippen molar-refractivity contribution in [2.45, 2.75) is 57.2 Å². The quantitative estimate of drug-likeness (QED) is 0.0564. The van der Waals surface area contributed by atoms with Crippen LogP contribution >= 0.6 is 11.9 Å². The first-order valence-electron chi connectivity index (χ1n) is 14.7. The molecular formula is C32H37F3N8O2S. The minimum Gasteiger partial charge on any atom is -0.406 e. The maximum absolute atomic E-state index is 12.4. The Morgan fingerprint density at radius 2 is 1.80 bits per heavy atom. The Balaban J connectivity index is 1.13. The van der Waals surface area contributed by atoms with Crippen molar-refractivity contribution in [3.8, 4) is 22.8 Å². The first-order valence-corrected chi connectivity index (χ1v) is 15.5. The maximum Gasteiger partial charge on any atom is 0.573 e. The molecule has 0 fully saturated rings. The number of alkyl halides is 3. The van der Waals surface area contributed by atoms with Crippen LogP contribution < -0.4 is 25.8 Å². The summed E-state index contributed by atoms with van der Waals surface area (Å²) in [6.07, 6.45) is -0.786. The fourth-order valence-corrected chi connectivity index (χ4v) is 5.38. The molecule has 0 atom stereocenters. The molecule has 5 N–H and O–H groups in total. The van der Waals surface area contributed by atoms with Gasteiger partial charge < -0.3 is 15.8 Å². The van der Waals surface area contributed by atoms with Gasteiger partial charge in [-0.15, -0.1) is 18.3 Å². The standard InChI is InChI=1S/C32H37F3N8O2S/c1-21(2)27-16-7-22(3)18-28(27)46-40-19-38-30(36)41-31(44)37-17-5-4-6-23-8-10-24(11-9-23)29-39-20-43(42-29)25-12-14-26(15-13-25)45-32(33,34)35/h7-16,18,20-21,40H,4-6,17,19H2,1-3H3,(H4,36,37,38,41,44). The number of guanidine groups is 1. The Kier molecular flexibility index (Phi) is 12.0. The van der Waals surface area contributed by atoms with Crippen LogP contribution in [-0.2, 0) is 6.42 Å². The number of amides is 2. The van der Waals surface area contributed by atoms with Gasteiger partial charge in [0.2, 0.25) is 0 Å². The number of nitrogens with one attached hydrogen (secondary N) is 3. The van der Waals surface area contributed by atoms with E-state index in [2.05, 4.69) is 74.1 Å². The van der Waals surface area contributed by atoms with Gasteiger partial charge in [-0.05, 0) is 91.1 Å². The number of unbranched alkanes of at least 4 members (excludes halogenated alkanes) is 1. The van der Waals surface area contributed by atoms with Gasteiger partial charge in [-0.25, -0.2) is 24.2 Å². The first-order chi connectivity index (χ1) is 22.0. The van der Waals surface area contributed by atoms with Crippen molar-refractivity contribution in [1.82, 2.24) is 30.1 Å². The molecule has 0 saturated carbocycles. The fraction of sp³-hybridized carbons (Fsp3) is 0.312. The third-order valence-corrected chi connectivity index (χ3v) is 7.59. The third kappa shape index (κ3) is 10.8. The second-order valence-corrected chi connectivity index (χ2v) is 11.7. The summed E-state index contributed by atoms with van der Waals surface area (Å²) in [5.74, 6) is 0.618. The predicted molar refractivity (Wildman–Crippen MR) is 174 cm³/mol. The van der Waals surface area contributed by atoms with Gasteiger partial charge in [0.25, 0.3) is 0 Å². The lowest BCUT2D eigenvalue weighted by molar-refractivity contribution is -0.274. The van der Waals surface area contributed by atoms with E-state index in [9.17, 15) is 18.0 Å². The molecule has 0 unspecified atom stereocenters. The van der Waals surface area contributed by atoms with E-state index >= 15 is 0 Å². The Labute approximate surface area is 270 Å². The second kappa shape index (κ2) is 16.1. The lowest BCUT2D eigenvalue weighted by Crippen LogP contribution is -2.44. The van der Waals surface area contributed by atoms with Crippen LogP contribution in [0.1, 0.15) is 49.3 Å². The van der Waals surface area contributed by atoms with Gasteiger partial charge in [-0.2, -0.15) is 0 Å². The normalized spacial score (nSPS) is 11.9. The highest BCUT2D eigenvalue weighted by atomic mass is 32.2. The highest BCUT2D eigenvalue weighted by molar-refractivity contribution is 7.97. The summed E-state index contributed by atoms with van der Waals surface area (Å²) in [5, 5.41) is 9.76. The molecule has 0 saturated heterocycles. The van der Waals surface area contributed by atoms with Gasteiger partial charge >= 0.3 is 12.4 Å². The van der Waals surface area contributed by atoms with Crippen molar-refractivity contribution in [3.63, 3.8) is 0 Å². The highest BCUT2D eigenvalue weighted by Gasteiger charge is 2.31. The molecule has 244 valence electrons. The van der Waals surface area contributed by atoms with Crippen LogP contribution in [-0.4, -0.2) is 46.3 Å². The number of carbonyl (C=O) groups is 1. The van der Waals surface area contributed by atoms with Crippen LogP contribution in [0.3, 0.4) is 0 Å². The molecule has 1 heterocycles. The largest absolute Gasteiger partial charge is 0.573 e. The number of rotatable bonds is 13. The molecule has 0 aliphatic heterocycles. The van der Waals surface area contributed by atoms with Gasteiger partial charge in [-0.1, -0.05) is 50.2 Å². The summed E-state index contributed by atoms with van der Waals surface area (Å²) >= 11 is 1.49. The Morgan fingerprint density at radius 3 is 2.50 bits per heavy atom. The van der Waals surface area contributed by atoms with E-state index in [4.69, 9.17) is 5.73 Å². The van der Waals surface area contributed by atoms with Crippen molar-refractivity contribution in [3.05, 3.63) is 89.7 Å². The predicted octanol–water partition coefficient (Wildman–Crippen LogP) is 6.46. The average molecular weight is 655 g/mol. The number of hydrogen-bond donors (Lipinski definition) is 4. The van der Waals surface area contributed by atoms with Gasteiger partial charge in [0, 0.05) is 17.0 Å². The molecule has 4 rings (SSSR count). The molecule has 0 radical (unpaired) electrons. The van der Waals surface area contributed by atoms with Crippen LogP contribution in [0, 0.1) is 6.92 Å². The summed E-state index contributed by atoms with van der Waals surface area (Å²) in [4.78, 5) is 21.8. The van der Waals surface area contributed by atoms with E-state index in [0.29, 0.717) is 24.0 Å². The molecule has 1 aromatic heterocycles. The van der Waals surface area contributed by atoms with Gasteiger partial charge in [0.15, 0.2) is 11.8 Å². The molecular weight excluding hydrogens is 617 g/mol.